The van der Waals surface area contributed by atoms with E-state index in [1.54, 1.807) is 12.1 Å². The molecule has 0 aliphatic carbocycles. The van der Waals surface area contributed by atoms with Crippen LogP contribution in [-0.4, -0.2) is 18.0 Å². The average molecular weight is 466 g/mol. The van der Waals surface area contributed by atoms with E-state index in [1.807, 2.05) is 12.1 Å². The molecule has 0 bridgehead atoms. The Labute approximate surface area is 172 Å². The monoisotopic (exact) mass is 464 g/mol. The predicted molar refractivity (Wildman–Crippen MR) is 110 cm³/mol. The number of rotatable bonds is 3. The van der Waals surface area contributed by atoms with E-state index in [1.165, 1.54) is 19.5 Å². The van der Waals surface area contributed by atoms with Crippen molar-refractivity contribution < 1.29 is 13.9 Å². The molecule has 0 aliphatic heterocycles. The summed E-state index contributed by atoms with van der Waals surface area (Å²) >= 11 is 16.1. The van der Waals surface area contributed by atoms with Gasteiger partial charge in [-0.2, -0.15) is 0 Å². The van der Waals surface area contributed by atoms with Crippen LogP contribution in [0.15, 0.2) is 45.5 Å². The molecule has 0 radical (unpaired) electrons. The maximum absolute atomic E-state index is 12.5. The van der Waals surface area contributed by atoms with Crippen molar-refractivity contribution in [2.24, 2.45) is 5.73 Å². The zero-order valence-corrected chi connectivity index (χ0v) is 16.9. The number of halogens is 3. The van der Waals surface area contributed by atoms with Gasteiger partial charge in [0.2, 0.25) is 5.91 Å². The molecule has 2 aromatic heterocycles. The van der Waals surface area contributed by atoms with Crippen LogP contribution in [0.1, 0.15) is 10.4 Å². The minimum Gasteiger partial charge on any atom is -0.493 e. The zero-order valence-electron chi connectivity index (χ0n) is 13.8. The number of hydrogen-bond donors (Lipinski definition) is 1. The average Bonchev–Trinajstić information content (AvgIpc) is 2.99. The molecule has 2 N–H and O–H groups in total. The molecule has 2 aromatic carbocycles. The number of amides is 1. The van der Waals surface area contributed by atoms with Crippen LogP contribution < -0.4 is 10.5 Å². The number of nitrogens with two attached hydrogens (primary N) is 1. The molecule has 0 unspecified atom stereocenters. The Bertz CT molecular complexity index is 1220. The summed E-state index contributed by atoms with van der Waals surface area (Å²) in [5, 5.41) is 1.84. The summed E-state index contributed by atoms with van der Waals surface area (Å²) in [5.41, 5.74) is 7.93. The van der Waals surface area contributed by atoms with Crippen molar-refractivity contribution in [3.63, 3.8) is 0 Å². The summed E-state index contributed by atoms with van der Waals surface area (Å²) in [7, 11) is 1.52. The maximum Gasteiger partial charge on any atom is 0.250 e. The lowest BCUT2D eigenvalue weighted by atomic mass is 9.94. The van der Waals surface area contributed by atoms with Gasteiger partial charge in [0, 0.05) is 38.8 Å². The summed E-state index contributed by atoms with van der Waals surface area (Å²) < 4.78 is 12.3. The van der Waals surface area contributed by atoms with Crippen LogP contribution in [0.5, 0.6) is 5.75 Å². The minimum absolute atomic E-state index is 0.248. The molecular formula is C19H11BrCl2N2O3. The van der Waals surface area contributed by atoms with Crippen molar-refractivity contribution in [1.29, 1.82) is 0 Å². The van der Waals surface area contributed by atoms with Gasteiger partial charge in [-0.05, 0) is 24.3 Å². The van der Waals surface area contributed by atoms with Gasteiger partial charge in [0.25, 0.3) is 0 Å². The molecule has 4 rings (SSSR count). The molecule has 0 spiro atoms. The zero-order chi connectivity index (χ0) is 19.3. The number of aromatic nitrogens is 1. The van der Waals surface area contributed by atoms with E-state index >= 15 is 0 Å². The molecule has 4 aromatic rings. The second-order valence-electron chi connectivity index (χ2n) is 5.79. The van der Waals surface area contributed by atoms with E-state index in [0.717, 1.165) is 9.86 Å². The lowest BCUT2D eigenvalue weighted by molar-refractivity contribution is 0.100. The van der Waals surface area contributed by atoms with Crippen molar-refractivity contribution in [2.75, 3.05) is 7.11 Å². The molecule has 5 nitrogen and oxygen atoms in total. The Balaban J connectivity index is 2.27. The number of benzene rings is 2. The summed E-state index contributed by atoms with van der Waals surface area (Å²) in [4.78, 5) is 16.4. The number of nitrogens with zero attached hydrogens (tertiary/aromatic N) is 1. The molecule has 2 heterocycles. The van der Waals surface area contributed by atoms with Crippen LogP contribution in [-0.2, 0) is 0 Å². The predicted octanol–water partition coefficient (Wildman–Crippen LogP) is 5.82. The van der Waals surface area contributed by atoms with E-state index < -0.39 is 5.91 Å². The first-order valence-electron chi connectivity index (χ1n) is 7.74. The van der Waals surface area contributed by atoms with E-state index in [0.29, 0.717) is 43.5 Å². The van der Waals surface area contributed by atoms with Crippen molar-refractivity contribution in [1.82, 2.24) is 4.98 Å². The Morgan fingerprint density at radius 1 is 1.22 bits per heavy atom. The highest BCUT2D eigenvalue weighted by atomic mass is 79.9. The lowest BCUT2D eigenvalue weighted by Crippen LogP contribution is -2.13. The van der Waals surface area contributed by atoms with Gasteiger partial charge in [0.05, 0.1) is 22.7 Å². The second-order valence-corrected chi connectivity index (χ2v) is 7.52. The van der Waals surface area contributed by atoms with E-state index in [9.17, 15) is 4.79 Å². The van der Waals surface area contributed by atoms with Gasteiger partial charge >= 0.3 is 0 Å². The summed E-state index contributed by atoms with van der Waals surface area (Å²) in [6.45, 7) is 0. The number of fused-ring (bicyclic) bond motifs is 3. The number of furan rings is 1. The third kappa shape index (κ3) is 2.84. The number of ether oxygens (including phenoxy) is 1. The third-order valence-electron chi connectivity index (χ3n) is 4.26. The van der Waals surface area contributed by atoms with Gasteiger partial charge in [-0.1, -0.05) is 39.1 Å². The van der Waals surface area contributed by atoms with Gasteiger partial charge in [0.1, 0.15) is 5.58 Å². The van der Waals surface area contributed by atoms with Crippen molar-refractivity contribution in [2.45, 2.75) is 0 Å². The molecule has 0 saturated heterocycles. The number of primary amides is 1. The van der Waals surface area contributed by atoms with E-state index in [-0.39, 0.29) is 5.56 Å². The number of hydrogen-bond acceptors (Lipinski definition) is 4. The normalized spacial score (nSPS) is 11.3. The van der Waals surface area contributed by atoms with Gasteiger partial charge in [0.15, 0.2) is 11.3 Å². The lowest BCUT2D eigenvalue weighted by Gasteiger charge is -2.13. The Morgan fingerprint density at radius 3 is 2.56 bits per heavy atom. The summed E-state index contributed by atoms with van der Waals surface area (Å²) in [6, 6.07) is 7.15. The number of carbonyl (C=O) groups excluding carboxylic acids is 1. The standard InChI is InChI=1S/C19H11BrCl2N2O3/c1-26-14-5-10(15-11(21)6-24-7-12(15)22)17(19(23)25)16-9-4-8(20)2-3-13(9)27-18(14)16/h2-7H,1H3,(H2,23,25). The maximum atomic E-state index is 12.5. The molecule has 1 amide bonds. The molecular weight excluding hydrogens is 455 g/mol. The number of pyridine rings is 1. The molecule has 0 atom stereocenters. The molecule has 27 heavy (non-hydrogen) atoms. The molecule has 8 heteroatoms. The first-order chi connectivity index (χ1) is 12.9. The molecule has 0 fully saturated rings. The van der Waals surface area contributed by atoms with Crippen molar-refractivity contribution >= 4 is 67.0 Å². The van der Waals surface area contributed by atoms with Crippen LogP contribution in [0.2, 0.25) is 10.0 Å². The minimum atomic E-state index is -0.635. The summed E-state index contributed by atoms with van der Waals surface area (Å²) in [6.07, 6.45) is 2.91. The van der Waals surface area contributed by atoms with Crippen LogP contribution in [0.4, 0.5) is 0 Å². The van der Waals surface area contributed by atoms with Gasteiger partial charge in [-0.15, -0.1) is 0 Å². The van der Waals surface area contributed by atoms with Gasteiger partial charge < -0.3 is 14.9 Å². The van der Waals surface area contributed by atoms with Crippen molar-refractivity contribution in [3.8, 4) is 16.9 Å². The fraction of sp³-hybridized carbons (Fsp3) is 0.0526. The Hall–Kier alpha value is -2.28. The highest BCUT2D eigenvalue weighted by Gasteiger charge is 2.25. The van der Waals surface area contributed by atoms with Gasteiger partial charge in [-0.3, -0.25) is 9.78 Å². The Morgan fingerprint density at radius 2 is 1.93 bits per heavy atom. The smallest absolute Gasteiger partial charge is 0.250 e. The van der Waals surface area contributed by atoms with E-state index in [2.05, 4.69) is 20.9 Å². The molecule has 0 saturated carbocycles. The Kier molecular flexibility index (Phi) is 4.50. The van der Waals surface area contributed by atoms with E-state index in [4.69, 9.17) is 38.1 Å². The number of methoxy groups -OCH3 is 1. The quantitative estimate of drug-likeness (QED) is 0.413. The molecule has 136 valence electrons. The topological polar surface area (TPSA) is 78.4 Å². The summed E-state index contributed by atoms with van der Waals surface area (Å²) in [5.74, 6) is -0.203. The fourth-order valence-electron chi connectivity index (χ4n) is 3.17. The second kappa shape index (κ2) is 6.71. The van der Waals surface area contributed by atoms with Crippen LogP contribution >= 0.6 is 39.1 Å². The highest BCUT2D eigenvalue weighted by molar-refractivity contribution is 9.10. The first-order valence-corrected chi connectivity index (χ1v) is 9.29. The van der Waals surface area contributed by atoms with Gasteiger partial charge in [-0.25, -0.2) is 0 Å². The highest BCUT2D eigenvalue weighted by Crippen LogP contribution is 2.45. The molecule has 0 aliphatic rings. The van der Waals surface area contributed by atoms with Crippen LogP contribution in [0, 0.1) is 0 Å². The largest absolute Gasteiger partial charge is 0.493 e. The van der Waals surface area contributed by atoms with Crippen molar-refractivity contribution in [3.05, 3.63) is 56.7 Å². The number of carbonyl (C=O) groups is 1. The third-order valence-corrected chi connectivity index (χ3v) is 5.32. The SMILES string of the molecule is COc1cc(-c2c(Cl)cncc2Cl)c(C(N)=O)c2c1oc1ccc(Br)cc12. The van der Waals surface area contributed by atoms with Crippen LogP contribution in [0.25, 0.3) is 33.1 Å². The van der Waals surface area contributed by atoms with Crippen LogP contribution in [0.3, 0.4) is 0 Å². The fourth-order valence-corrected chi connectivity index (χ4v) is 4.10. The first kappa shape index (κ1) is 18.1.